The Bertz CT molecular complexity index is 1010. The quantitative estimate of drug-likeness (QED) is 0.715. The summed E-state index contributed by atoms with van der Waals surface area (Å²) in [6, 6.07) is 16.1. The third-order valence-electron chi connectivity index (χ3n) is 7.28. The minimum atomic E-state index is -0.600. The number of halogens is 1. The first-order chi connectivity index (χ1) is 16.0. The number of morpholine rings is 1. The predicted molar refractivity (Wildman–Crippen MR) is 121 cm³/mol. The van der Waals surface area contributed by atoms with Crippen LogP contribution in [0.2, 0.25) is 0 Å². The highest BCUT2D eigenvalue weighted by Crippen LogP contribution is 2.40. The van der Waals surface area contributed by atoms with E-state index in [1.54, 1.807) is 17.0 Å². The van der Waals surface area contributed by atoms with Gasteiger partial charge in [-0.2, -0.15) is 0 Å². The number of carbonyl (C=O) groups is 2. The molecular weight excluding hydrogens is 423 g/mol. The monoisotopic (exact) mass is 452 g/mol. The van der Waals surface area contributed by atoms with Gasteiger partial charge in [0.15, 0.2) is 0 Å². The van der Waals surface area contributed by atoms with Gasteiger partial charge in [0.25, 0.3) is 5.91 Å². The number of likely N-dealkylation sites (tertiary alicyclic amines) is 1. The molecule has 0 radical (unpaired) electrons. The van der Waals surface area contributed by atoms with Crippen molar-refractivity contribution in [2.75, 3.05) is 44.4 Å². The summed E-state index contributed by atoms with van der Waals surface area (Å²) in [5.74, 6) is -0.339. The van der Waals surface area contributed by atoms with Crippen molar-refractivity contribution in [2.45, 2.75) is 31.3 Å². The molecule has 0 unspecified atom stereocenters. The molecule has 1 spiro atoms. The number of anilines is 1. The molecule has 3 heterocycles. The van der Waals surface area contributed by atoms with Crippen molar-refractivity contribution in [1.29, 1.82) is 0 Å². The van der Waals surface area contributed by atoms with E-state index in [2.05, 4.69) is 12.1 Å². The van der Waals surface area contributed by atoms with Crippen molar-refractivity contribution < 1.29 is 23.5 Å². The first kappa shape index (κ1) is 22.0. The first-order valence-electron chi connectivity index (χ1n) is 11.6. The fourth-order valence-corrected chi connectivity index (χ4v) is 5.39. The second-order valence-electron chi connectivity index (χ2n) is 9.46. The summed E-state index contributed by atoms with van der Waals surface area (Å²) in [6.45, 7) is 2.54. The standard InChI is InChI=1S/C26H29FN2O4/c27-21-6-8-22(9-7-21)29-19-26(33-17-23(29)30)10-13-28(18-26)24(31)25(11-14-32-15-12-25)16-20-4-2-1-3-5-20/h1-9H,10-19H2/t26-/m1/s1. The van der Waals surface area contributed by atoms with Crippen LogP contribution < -0.4 is 4.90 Å². The van der Waals surface area contributed by atoms with Crippen LogP contribution in [0.25, 0.3) is 0 Å². The molecular formula is C26H29FN2O4. The predicted octanol–water partition coefficient (Wildman–Crippen LogP) is 3.20. The highest BCUT2D eigenvalue weighted by molar-refractivity contribution is 5.95. The van der Waals surface area contributed by atoms with E-state index in [0.717, 1.165) is 5.56 Å². The first-order valence-corrected chi connectivity index (χ1v) is 11.6. The largest absolute Gasteiger partial charge is 0.381 e. The van der Waals surface area contributed by atoms with E-state index in [0.29, 0.717) is 64.2 Å². The van der Waals surface area contributed by atoms with E-state index in [4.69, 9.17) is 9.47 Å². The Kier molecular flexibility index (Phi) is 5.93. The van der Waals surface area contributed by atoms with E-state index in [-0.39, 0.29) is 24.2 Å². The molecule has 7 heteroatoms. The second kappa shape index (κ2) is 8.88. The molecule has 0 saturated carbocycles. The van der Waals surface area contributed by atoms with Gasteiger partial charge in [0.1, 0.15) is 18.0 Å². The zero-order valence-electron chi connectivity index (χ0n) is 18.7. The van der Waals surface area contributed by atoms with Gasteiger partial charge in [-0.05, 0) is 55.5 Å². The lowest BCUT2D eigenvalue weighted by Gasteiger charge is -2.41. The Labute approximate surface area is 193 Å². The molecule has 3 aliphatic heterocycles. The molecule has 2 aromatic carbocycles. The number of amides is 2. The van der Waals surface area contributed by atoms with Crippen molar-refractivity contribution in [3.63, 3.8) is 0 Å². The SMILES string of the molecule is O=C1CO[C@@]2(CCN(C(=O)C3(Cc4ccccc4)CCOCC3)C2)CN1c1ccc(F)cc1. The van der Waals surface area contributed by atoms with E-state index in [1.165, 1.54) is 12.1 Å². The highest BCUT2D eigenvalue weighted by Gasteiger charge is 2.50. The van der Waals surface area contributed by atoms with E-state index >= 15 is 0 Å². The van der Waals surface area contributed by atoms with Gasteiger partial charge in [0.2, 0.25) is 5.91 Å². The molecule has 2 aromatic rings. The maximum Gasteiger partial charge on any atom is 0.253 e. The minimum absolute atomic E-state index is 0.0393. The van der Waals surface area contributed by atoms with Crippen LogP contribution in [-0.2, 0) is 25.5 Å². The molecule has 6 nitrogen and oxygen atoms in total. The lowest BCUT2D eigenvalue weighted by Crippen LogP contribution is -2.57. The van der Waals surface area contributed by atoms with Gasteiger partial charge >= 0.3 is 0 Å². The summed E-state index contributed by atoms with van der Waals surface area (Å²) in [5, 5.41) is 0. The fourth-order valence-electron chi connectivity index (χ4n) is 5.39. The number of hydrogen-bond donors (Lipinski definition) is 0. The normalized spacial score (nSPS) is 24.9. The molecule has 0 N–H and O–H groups in total. The van der Waals surface area contributed by atoms with Crippen LogP contribution in [0.15, 0.2) is 54.6 Å². The molecule has 0 aromatic heterocycles. The van der Waals surface area contributed by atoms with Gasteiger partial charge in [-0.3, -0.25) is 9.59 Å². The van der Waals surface area contributed by atoms with Crippen molar-refractivity contribution in [3.05, 3.63) is 66.0 Å². The van der Waals surface area contributed by atoms with Crippen LogP contribution in [-0.4, -0.2) is 61.8 Å². The second-order valence-corrected chi connectivity index (χ2v) is 9.46. The van der Waals surface area contributed by atoms with Crippen molar-refractivity contribution in [3.8, 4) is 0 Å². The van der Waals surface area contributed by atoms with Gasteiger partial charge in [-0.25, -0.2) is 4.39 Å². The topological polar surface area (TPSA) is 59.1 Å². The van der Waals surface area contributed by atoms with Crippen LogP contribution in [0, 0.1) is 11.2 Å². The maximum absolute atomic E-state index is 13.9. The Morgan fingerprint density at radius 3 is 2.42 bits per heavy atom. The van der Waals surface area contributed by atoms with Gasteiger partial charge in [0, 0.05) is 25.4 Å². The van der Waals surface area contributed by atoms with Crippen LogP contribution in [0.4, 0.5) is 10.1 Å². The smallest absolute Gasteiger partial charge is 0.253 e. The number of rotatable bonds is 4. The Morgan fingerprint density at radius 2 is 1.70 bits per heavy atom. The Morgan fingerprint density at radius 1 is 0.970 bits per heavy atom. The molecule has 0 aliphatic carbocycles. The van der Waals surface area contributed by atoms with Gasteiger partial charge in [0.05, 0.1) is 18.5 Å². The average molecular weight is 453 g/mol. The summed E-state index contributed by atoms with van der Waals surface area (Å²) in [7, 11) is 0. The third kappa shape index (κ3) is 4.39. The lowest BCUT2D eigenvalue weighted by atomic mass is 9.74. The van der Waals surface area contributed by atoms with Crippen LogP contribution in [0.5, 0.6) is 0 Å². The summed E-state index contributed by atoms with van der Waals surface area (Å²) in [4.78, 5) is 30.0. The molecule has 3 fully saturated rings. The zero-order chi connectivity index (χ0) is 22.9. The highest BCUT2D eigenvalue weighted by atomic mass is 19.1. The summed E-state index contributed by atoms with van der Waals surface area (Å²) < 4.78 is 25.0. The van der Waals surface area contributed by atoms with Gasteiger partial charge in [-0.1, -0.05) is 30.3 Å². The number of hydrogen-bond acceptors (Lipinski definition) is 4. The number of carbonyl (C=O) groups excluding carboxylic acids is 2. The molecule has 3 saturated heterocycles. The molecule has 3 aliphatic rings. The molecule has 174 valence electrons. The number of nitrogens with zero attached hydrogens (tertiary/aromatic N) is 2. The summed E-state index contributed by atoms with van der Waals surface area (Å²) in [5.41, 5.74) is 0.728. The molecule has 0 bridgehead atoms. The lowest BCUT2D eigenvalue weighted by molar-refractivity contribution is -0.149. The van der Waals surface area contributed by atoms with Crippen LogP contribution in [0.1, 0.15) is 24.8 Å². The van der Waals surface area contributed by atoms with Gasteiger partial charge in [-0.15, -0.1) is 0 Å². The van der Waals surface area contributed by atoms with Crippen molar-refractivity contribution in [1.82, 2.24) is 4.90 Å². The molecule has 1 atom stereocenters. The fraction of sp³-hybridized carbons (Fsp3) is 0.462. The Balaban J connectivity index is 1.34. The Hall–Kier alpha value is -2.77. The molecule has 33 heavy (non-hydrogen) atoms. The van der Waals surface area contributed by atoms with Crippen molar-refractivity contribution >= 4 is 17.5 Å². The zero-order valence-corrected chi connectivity index (χ0v) is 18.7. The summed E-state index contributed by atoms with van der Waals surface area (Å²) >= 11 is 0. The maximum atomic E-state index is 13.9. The van der Waals surface area contributed by atoms with E-state index in [9.17, 15) is 14.0 Å². The number of ether oxygens (including phenoxy) is 2. The molecule has 5 rings (SSSR count). The van der Waals surface area contributed by atoms with E-state index < -0.39 is 11.0 Å². The van der Waals surface area contributed by atoms with Crippen LogP contribution in [0.3, 0.4) is 0 Å². The van der Waals surface area contributed by atoms with Crippen molar-refractivity contribution in [2.24, 2.45) is 5.41 Å². The minimum Gasteiger partial charge on any atom is -0.381 e. The summed E-state index contributed by atoms with van der Waals surface area (Å²) in [6.07, 6.45) is 2.76. The number of benzene rings is 2. The van der Waals surface area contributed by atoms with Gasteiger partial charge < -0.3 is 19.3 Å². The molecule has 2 amide bonds. The van der Waals surface area contributed by atoms with Crippen LogP contribution >= 0.6 is 0 Å². The average Bonchev–Trinajstić information content (AvgIpc) is 3.25. The van der Waals surface area contributed by atoms with E-state index in [1.807, 2.05) is 23.1 Å². The third-order valence-corrected chi connectivity index (χ3v) is 7.28.